The standard InChI is InChI=1S/C50H51BF4N10O5/c1-6-40-19-20-41(65(40)51(55)64-30-31(3)24-33(64)5)21-22-45(67)56-23-9-8-16-43(63-44(66)7-2)48(70)60-36-14-11-15-37(26-36)62-49-57-28-39(29-58-49)61-47(69)42-27-38(18-17-32(42)4)59-46(68)34-12-10-13-35(25-34)50(52,53)54/h6-7,10-15,17-20,24-30,43H,2,8-9,16,21-23H2,1,3-5H3,(H5-,56,57,58,59,60,61,62,63,66,67,68,69,70)/p+1/b40-6-. The van der Waals surface area contributed by atoms with Crippen LogP contribution in [0, 0.1) is 20.8 Å². The van der Waals surface area contributed by atoms with Crippen LogP contribution < -0.4 is 31.9 Å². The molecule has 15 nitrogen and oxygen atoms in total. The first-order valence-electron chi connectivity index (χ1n) is 22.3. The Balaban J connectivity index is 0.973. The molecule has 0 bridgehead atoms. The molecule has 70 heavy (non-hydrogen) atoms. The van der Waals surface area contributed by atoms with Crippen molar-refractivity contribution in [3.63, 3.8) is 0 Å². The first-order chi connectivity index (χ1) is 33.4. The van der Waals surface area contributed by atoms with E-state index in [-0.39, 0.29) is 47.2 Å². The summed E-state index contributed by atoms with van der Waals surface area (Å²) in [7, 11) is -1.46. The highest BCUT2D eigenvalue weighted by molar-refractivity contribution is 6.42. The highest BCUT2D eigenvalue weighted by Crippen LogP contribution is 2.30. The van der Waals surface area contributed by atoms with Crippen LogP contribution in [-0.2, 0) is 20.6 Å². The molecule has 0 saturated heterocycles. The van der Waals surface area contributed by atoms with Gasteiger partial charge in [-0.05, 0) is 125 Å². The molecule has 20 heteroatoms. The molecule has 5 amide bonds. The summed E-state index contributed by atoms with van der Waals surface area (Å²) in [5.41, 5.74) is 4.05. The normalized spacial score (nSPS) is 13.1. The predicted octanol–water partition coefficient (Wildman–Crippen LogP) is 8.58. The first kappa shape index (κ1) is 51.2. The Kier molecular flexibility index (Phi) is 17.0. The predicted molar refractivity (Wildman–Crippen MR) is 261 cm³/mol. The SMILES string of the molecule is C=CC(=O)NC(CCCCNC(=O)CCC1=[N+](B(F)n2cc(C)cc2C)/C(=C\C)C=C1)C(=O)Nc1cccc(Nc2ncc(NC(=O)c3cc(NC(=O)c4cccc(C(F)(F)F)c4)ccc3C)cn2)c1. The number of halogens is 4. The van der Waals surface area contributed by atoms with Gasteiger partial charge in [0.2, 0.25) is 23.7 Å². The topological polar surface area (TPSA) is 191 Å². The number of nitrogens with one attached hydrogen (secondary N) is 6. The van der Waals surface area contributed by atoms with E-state index >= 15 is 4.32 Å². The van der Waals surface area contributed by atoms with Crippen LogP contribution in [0.3, 0.4) is 0 Å². The summed E-state index contributed by atoms with van der Waals surface area (Å²) in [6.45, 7) is 11.1. The summed E-state index contributed by atoms with van der Waals surface area (Å²) in [6, 6.07) is 16.2. The van der Waals surface area contributed by atoms with E-state index < -0.39 is 48.7 Å². The van der Waals surface area contributed by atoms with Crippen LogP contribution in [0.25, 0.3) is 0 Å². The molecule has 0 saturated carbocycles. The number of carbonyl (C=O) groups excluding carboxylic acids is 5. The van der Waals surface area contributed by atoms with Gasteiger partial charge in [0.1, 0.15) is 6.04 Å². The average Bonchev–Trinajstić information content (AvgIpc) is 3.92. The molecule has 1 aliphatic rings. The van der Waals surface area contributed by atoms with Crippen molar-refractivity contribution >= 4 is 71.2 Å². The lowest BCUT2D eigenvalue weighted by molar-refractivity contribution is -0.335. The number of benzene rings is 3. The van der Waals surface area contributed by atoms with Crippen LogP contribution in [0.2, 0.25) is 0 Å². The van der Waals surface area contributed by atoms with Crippen molar-refractivity contribution in [2.45, 2.75) is 72.0 Å². The number of allylic oxidation sites excluding steroid dienone is 3. The first-order valence-corrected chi connectivity index (χ1v) is 22.3. The molecular weight excluding hydrogens is 907 g/mol. The van der Waals surface area contributed by atoms with Crippen LogP contribution in [0.5, 0.6) is 0 Å². The van der Waals surface area contributed by atoms with Crippen molar-refractivity contribution in [2.24, 2.45) is 0 Å². The van der Waals surface area contributed by atoms with E-state index in [2.05, 4.69) is 48.4 Å². The second-order valence-corrected chi connectivity index (χ2v) is 16.4. The van der Waals surface area contributed by atoms with Gasteiger partial charge in [-0.3, -0.25) is 28.5 Å². The van der Waals surface area contributed by atoms with E-state index in [0.717, 1.165) is 35.5 Å². The molecule has 6 N–H and O–H groups in total. The number of nitrogens with zero attached hydrogens (tertiary/aromatic N) is 4. The Morgan fingerprint density at radius 3 is 2.26 bits per heavy atom. The summed E-state index contributed by atoms with van der Waals surface area (Å²) in [5.74, 6) is -2.39. The molecule has 362 valence electrons. The summed E-state index contributed by atoms with van der Waals surface area (Å²) < 4.78 is 58.5. The lowest BCUT2D eigenvalue weighted by atomic mass is 10.0. The van der Waals surface area contributed by atoms with Crippen molar-refractivity contribution in [2.75, 3.05) is 27.8 Å². The lowest BCUT2D eigenvalue weighted by Gasteiger charge is -2.18. The van der Waals surface area contributed by atoms with Crippen molar-refractivity contribution in [1.29, 1.82) is 0 Å². The van der Waals surface area contributed by atoms with Gasteiger partial charge < -0.3 is 31.9 Å². The highest BCUT2D eigenvalue weighted by Gasteiger charge is 2.43. The van der Waals surface area contributed by atoms with Crippen molar-refractivity contribution < 1.29 is 45.9 Å². The maximum Gasteiger partial charge on any atom is 0.845 e. The van der Waals surface area contributed by atoms with E-state index in [9.17, 15) is 37.1 Å². The summed E-state index contributed by atoms with van der Waals surface area (Å²) >= 11 is 0. The Labute approximate surface area is 402 Å². The third-order valence-electron chi connectivity index (χ3n) is 11.1. The third-order valence-corrected chi connectivity index (χ3v) is 11.1. The minimum atomic E-state index is -4.62. The van der Waals surface area contributed by atoms with Gasteiger partial charge in [0.25, 0.3) is 11.8 Å². The monoisotopic (exact) mass is 959 g/mol. The van der Waals surface area contributed by atoms with Gasteiger partial charge in [-0.25, -0.2) is 18.8 Å². The molecule has 3 aromatic carbocycles. The number of anilines is 5. The highest BCUT2D eigenvalue weighted by atomic mass is 19.4. The Morgan fingerprint density at radius 2 is 1.56 bits per heavy atom. The quantitative estimate of drug-likeness (QED) is 0.0193. The zero-order valence-electron chi connectivity index (χ0n) is 38.9. The zero-order valence-corrected chi connectivity index (χ0v) is 38.9. The second-order valence-electron chi connectivity index (χ2n) is 16.4. The molecule has 3 heterocycles. The fourth-order valence-electron chi connectivity index (χ4n) is 7.53. The number of hydrogen-bond donors (Lipinski definition) is 6. The van der Waals surface area contributed by atoms with E-state index in [1.165, 1.54) is 30.6 Å². The summed E-state index contributed by atoms with van der Waals surface area (Å²) in [6.07, 6.45) is 8.17. The van der Waals surface area contributed by atoms with Crippen LogP contribution in [0.1, 0.15) is 82.1 Å². The minimum Gasteiger partial charge on any atom is -0.356 e. The summed E-state index contributed by atoms with van der Waals surface area (Å²) in [4.78, 5) is 73.1. The lowest BCUT2D eigenvalue weighted by Crippen LogP contribution is -2.43. The third kappa shape index (κ3) is 13.7. The van der Waals surface area contributed by atoms with Gasteiger partial charge in [0, 0.05) is 71.6 Å². The number of amides is 5. The van der Waals surface area contributed by atoms with Gasteiger partial charge in [-0.1, -0.05) is 24.8 Å². The van der Waals surface area contributed by atoms with Crippen LogP contribution in [0.4, 0.5) is 46.2 Å². The second kappa shape index (κ2) is 23.2. The molecular formula is C50H52BF4N10O5+. The Hall–Kier alpha value is -8.16. The molecule has 0 fully saturated rings. The maximum atomic E-state index is 15.8. The molecule has 0 aliphatic carbocycles. The molecule has 2 aromatic heterocycles. The van der Waals surface area contributed by atoms with Crippen LogP contribution in [0.15, 0.2) is 128 Å². The fraction of sp³-hybridized carbons (Fsp3) is 0.240. The van der Waals surface area contributed by atoms with Crippen molar-refractivity contribution in [3.8, 4) is 0 Å². The molecule has 1 atom stereocenters. The number of rotatable bonds is 20. The van der Waals surface area contributed by atoms with Gasteiger partial charge in [-0.15, -0.1) is 0 Å². The van der Waals surface area contributed by atoms with Gasteiger partial charge in [0.15, 0.2) is 11.4 Å². The van der Waals surface area contributed by atoms with E-state index in [1.807, 2.05) is 45.1 Å². The Bertz CT molecular complexity index is 2880. The largest absolute Gasteiger partial charge is 0.845 e. The van der Waals surface area contributed by atoms with Gasteiger partial charge in [0.05, 0.1) is 23.6 Å². The van der Waals surface area contributed by atoms with Crippen molar-refractivity contribution in [1.82, 2.24) is 25.1 Å². The number of hydrogen-bond acceptors (Lipinski definition) is 8. The van der Waals surface area contributed by atoms with E-state index in [1.54, 1.807) is 52.4 Å². The minimum absolute atomic E-state index is 0.149. The summed E-state index contributed by atoms with van der Waals surface area (Å²) in [5, 5.41) is 16.6. The zero-order chi connectivity index (χ0) is 50.5. The molecule has 1 aliphatic heterocycles. The Morgan fingerprint density at radius 1 is 0.843 bits per heavy atom. The number of carbonyl (C=O) groups is 5. The smallest absolute Gasteiger partial charge is 0.356 e. The molecule has 6 rings (SSSR count). The molecule has 1 unspecified atom stereocenters. The van der Waals surface area contributed by atoms with E-state index in [4.69, 9.17) is 0 Å². The number of unbranched alkanes of at least 4 members (excludes halogenated alkanes) is 1. The number of alkyl halides is 3. The van der Waals surface area contributed by atoms with Crippen LogP contribution >= 0.6 is 0 Å². The molecule has 0 spiro atoms. The van der Waals surface area contributed by atoms with Crippen molar-refractivity contribution in [3.05, 3.63) is 161 Å². The van der Waals surface area contributed by atoms with E-state index in [0.29, 0.717) is 54.2 Å². The van der Waals surface area contributed by atoms with Crippen LogP contribution in [-0.4, -0.2) is 74.0 Å². The number of aryl methyl sites for hydroxylation is 3. The van der Waals surface area contributed by atoms with Gasteiger partial charge in [-0.2, -0.15) is 13.2 Å². The average molecular weight is 960 g/mol. The fourth-order valence-corrected chi connectivity index (χ4v) is 7.53. The molecule has 0 radical (unpaired) electrons. The number of aromatic nitrogens is 3. The maximum absolute atomic E-state index is 15.8. The van der Waals surface area contributed by atoms with Gasteiger partial charge >= 0.3 is 13.4 Å². The molecule has 5 aromatic rings.